The van der Waals surface area contributed by atoms with Gasteiger partial charge < -0.3 is 4.90 Å². The van der Waals surface area contributed by atoms with Gasteiger partial charge in [0.2, 0.25) is 0 Å². The average molecular weight is 235 g/mol. The molecule has 1 aromatic rings. The van der Waals surface area contributed by atoms with Gasteiger partial charge in [-0.2, -0.15) is 5.26 Å². The van der Waals surface area contributed by atoms with E-state index in [1.807, 2.05) is 18.2 Å². The molecule has 1 unspecified atom stereocenters. The number of rotatable bonds is 1. The maximum Gasteiger partial charge on any atom is 0.117 e. The predicted octanol–water partition coefficient (Wildman–Crippen LogP) is 3.39. The zero-order valence-electron chi connectivity index (χ0n) is 9.57. The highest BCUT2D eigenvalue weighted by molar-refractivity contribution is 6.30. The fourth-order valence-electron chi connectivity index (χ4n) is 2.37. The van der Waals surface area contributed by atoms with Gasteiger partial charge in [-0.1, -0.05) is 11.6 Å². The van der Waals surface area contributed by atoms with Gasteiger partial charge in [0.05, 0.1) is 6.07 Å². The molecule has 0 N–H and O–H groups in total. The van der Waals surface area contributed by atoms with Gasteiger partial charge in [-0.05, 0) is 50.5 Å². The maximum absolute atomic E-state index is 9.17. The third-order valence-corrected chi connectivity index (χ3v) is 3.28. The number of benzene rings is 1. The molecule has 84 valence electrons. The lowest BCUT2D eigenvalue weighted by molar-refractivity contribution is 0.561. The molecule has 3 heteroatoms. The van der Waals surface area contributed by atoms with Crippen molar-refractivity contribution in [2.24, 2.45) is 0 Å². The standard InChI is InChI=1S/C13H15ClN2/c1-9(2)16-12(8-15)5-3-10-7-11(14)4-6-13(10)16/h4,6-7,9,12H,3,5H2,1-2H3. The zero-order valence-corrected chi connectivity index (χ0v) is 10.3. The summed E-state index contributed by atoms with van der Waals surface area (Å²) < 4.78 is 0. The van der Waals surface area contributed by atoms with Crippen LogP contribution in [-0.4, -0.2) is 12.1 Å². The first-order chi connectivity index (χ1) is 7.63. The highest BCUT2D eigenvalue weighted by atomic mass is 35.5. The fourth-order valence-corrected chi connectivity index (χ4v) is 2.56. The van der Waals surface area contributed by atoms with Crippen LogP contribution in [0.3, 0.4) is 0 Å². The maximum atomic E-state index is 9.17. The number of nitriles is 1. The van der Waals surface area contributed by atoms with Gasteiger partial charge in [0, 0.05) is 16.8 Å². The molecule has 0 radical (unpaired) electrons. The second-order valence-corrected chi connectivity index (χ2v) is 4.89. The van der Waals surface area contributed by atoms with Crippen LogP contribution in [0.5, 0.6) is 0 Å². The van der Waals surface area contributed by atoms with Crippen molar-refractivity contribution in [1.29, 1.82) is 5.26 Å². The number of hydrogen-bond acceptors (Lipinski definition) is 2. The summed E-state index contributed by atoms with van der Waals surface area (Å²) in [6, 6.07) is 8.66. The smallest absolute Gasteiger partial charge is 0.117 e. The van der Waals surface area contributed by atoms with Crippen molar-refractivity contribution in [3.05, 3.63) is 28.8 Å². The predicted molar refractivity (Wildman–Crippen MR) is 66.8 cm³/mol. The number of anilines is 1. The van der Waals surface area contributed by atoms with Crippen LogP contribution in [0.2, 0.25) is 5.02 Å². The van der Waals surface area contributed by atoms with Crippen LogP contribution >= 0.6 is 11.6 Å². The summed E-state index contributed by atoms with van der Waals surface area (Å²) in [5, 5.41) is 9.95. The van der Waals surface area contributed by atoms with E-state index in [0.29, 0.717) is 6.04 Å². The van der Waals surface area contributed by atoms with E-state index in [-0.39, 0.29) is 6.04 Å². The summed E-state index contributed by atoms with van der Waals surface area (Å²) in [7, 11) is 0. The average Bonchev–Trinajstić information content (AvgIpc) is 2.26. The minimum atomic E-state index is -0.00586. The van der Waals surface area contributed by atoms with E-state index in [0.717, 1.165) is 23.6 Å². The van der Waals surface area contributed by atoms with Crippen molar-refractivity contribution < 1.29 is 0 Å². The third kappa shape index (κ3) is 1.88. The topological polar surface area (TPSA) is 27.0 Å². The summed E-state index contributed by atoms with van der Waals surface area (Å²) in [4.78, 5) is 2.19. The van der Waals surface area contributed by atoms with Crippen LogP contribution < -0.4 is 4.90 Å². The van der Waals surface area contributed by atoms with Crippen molar-refractivity contribution in [3.8, 4) is 6.07 Å². The summed E-state index contributed by atoms with van der Waals surface area (Å²) >= 11 is 5.99. The Kier molecular flexibility index (Phi) is 3.07. The minimum absolute atomic E-state index is 0.00586. The molecule has 16 heavy (non-hydrogen) atoms. The van der Waals surface area contributed by atoms with Crippen molar-refractivity contribution in [1.82, 2.24) is 0 Å². The van der Waals surface area contributed by atoms with Gasteiger partial charge in [-0.15, -0.1) is 0 Å². The molecule has 1 heterocycles. The number of halogens is 1. The van der Waals surface area contributed by atoms with Crippen LogP contribution in [-0.2, 0) is 6.42 Å². The number of nitrogens with zero attached hydrogens (tertiary/aromatic N) is 2. The van der Waals surface area contributed by atoms with Gasteiger partial charge in [0.25, 0.3) is 0 Å². The molecule has 0 saturated carbocycles. The second-order valence-electron chi connectivity index (χ2n) is 4.46. The van der Waals surface area contributed by atoms with Gasteiger partial charge in [-0.3, -0.25) is 0 Å². The van der Waals surface area contributed by atoms with E-state index in [2.05, 4.69) is 24.8 Å². The Labute approximate surface area is 101 Å². The second kappa shape index (κ2) is 4.35. The Hall–Kier alpha value is -1.20. The van der Waals surface area contributed by atoms with Crippen molar-refractivity contribution in [3.63, 3.8) is 0 Å². The van der Waals surface area contributed by atoms with E-state index in [1.54, 1.807) is 0 Å². The summed E-state index contributed by atoms with van der Waals surface area (Å²) in [5.74, 6) is 0. The Morgan fingerprint density at radius 1 is 1.50 bits per heavy atom. The van der Waals surface area contributed by atoms with Gasteiger partial charge in [-0.25, -0.2) is 0 Å². The fraction of sp³-hybridized carbons (Fsp3) is 0.462. The van der Waals surface area contributed by atoms with Gasteiger partial charge in [0.1, 0.15) is 6.04 Å². The molecule has 0 aromatic heterocycles. The lowest BCUT2D eigenvalue weighted by Gasteiger charge is -2.38. The Morgan fingerprint density at radius 2 is 2.25 bits per heavy atom. The van der Waals surface area contributed by atoms with Crippen LogP contribution in [0.1, 0.15) is 25.8 Å². The van der Waals surface area contributed by atoms with Crippen LogP contribution in [0.15, 0.2) is 18.2 Å². The quantitative estimate of drug-likeness (QED) is 0.745. The number of hydrogen-bond donors (Lipinski definition) is 0. The normalized spacial score (nSPS) is 19.4. The first kappa shape index (κ1) is 11.3. The molecular weight excluding hydrogens is 220 g/mol. The molecule has 1 aliphatic heterocycles. The Bertz CT molecular complexity index is 434. The van der Waals surface area contributed by atoms with E-state index in [4.69, 9.17) is 11.6 Å². The first-order valence-electron chi connectivity index (χ1n) is 5.60. The molecule has 0 aliphatic carbocycles. The first-order valence-corrected chi connectivity index (χ1v) is 5.97. The molecule has 0 amide bonds. The van der Waals surface area contributed by atoms with E-state index < -0.39 is 0 Å². The minimum Gasteiger partial charge on any atom is -0.353 e. The van der Waals surface area contributed by atoms with E-state index in [1.165, 1.54) is 5.56 Å². The summed E-state index contributed by atoms with van der Waals surface area (Å²) in [6.45, 7) is 4.24. The van der Waals surface area contributed by atoms with Crippen molar-refractivity contribution in [2.45, 2.75) is 38.8 Å². The van der Waals surface area contributed by atoms with E-state index in [9.17, 15) is 5.26 Å². The van der Waals surface area contributed by atoms with Crippen LogP contribution in [0.4, 0.5) is 5.69 Å². The molecule has 2 nitrogen and oxygen atoms in total. The zero-order chi connectivity index (χ0) is 11.7. The third-order valence-electron chi connectivity index (χ3n) is 3.05. The lowest BCUT2D eigenvalue weighted by atomic mass is 9.95. The molecule has 1 atom stereocenters. The van der Waals surface area contributed by atoms with Crippen molar-refractivity contribution in [2.75, 3.05) is 4.90 Å². The largest absolute Gasteiger partial charge is 0.353 e. The highest BCUT2D eigenvalue weighted by Gasteiger charge is 2.27. The Balaban J connectivity index is 2.46. The number of fused-ring (bicyclic) bond motifs is 1. The van der Waals surface area contributed by atoms with Gasteiger partial charge >= 0.3 is 0 Å². The highest BCUT2D eigenvalue weighted by Crippen LogP contribution is 2.33. The molecule has 0 fully saturated rings. The lowest BCUT2D eigenvalue weighted by Crippen LogP contribution is -2.43. The monoisotopic (exact) mass is 234 g/mol. The molecular formula is C13H15ClN2. The molecule has 0 bridgehead atoms. The molecule has 1 aromatic carbocycles. The van der Waals surface area contributed by atoms with Crippen molar-refractivity contribution >= 4 is 17.3 Å². The van der Waals surface area contributed by atoms with Gasteiger partial charge in [0.15, 0.2) is 0 Å². The van der Waals surface area contributed by atoms with Crippen LogP contribution in [0, 0.1) is 11.3 Å². The number of aryl methyl sites for hydroxylation is 1. The molecule has 2 rings (SSSR count). The SMILES string of the molecule is CC(C)N1c2ccc(Cl)cc2CCC1C#N. The summed E-state index contributed by atoms with van der Waals surface area (Å²) in [5.41, 5.74) is 2.42. The molecule has 1 aliphatic rings. The molecule has 0 saturated heterocycles. The van der Waals surface area contributed by atoms with E-state index >= 15 is 0 Å². The summed E-state index contributed by atoms with van der Waals surface area (Å²) in [6.07, 6.45) is 1.83. The molecule has 0 spiro atoms. The van der Waals surface area contributed by atoms with Crippen LogP contribution in [0.25, 0.3) is 0 Å². The Morgan fingerprint density at radius 3 is 2.88 bits per heavy atom.